The van der Waals surface area contributed by atoms with Crippen molar-refractivity contribution in [2.24, 2.45) is 0 Å². The maximum atomic E-state index is 2.93. The summed E-state index contributed by atoms with van der Waals surface area (Å²) in [5, 5.41) is 0. The Morgan fingerprint density at radius 2 is 0.478 bits per heavy atom. The predicted octanol–water partition coefficient (Wildman–Crippen LogP) is 26.3. The fraction of sp³-hybridized carbons (Fsp3) is 0.364. The standard InChI is InChI=1S/4C16H13.C6H12.4C4H9.2CH5Si.2Zr/c4*1-12-10-14-8-5-9-15(16(14)11-12)13-6-3-2-4-7-13;1-3-5-6-4-2;4*1-3-4-2;2*1-2;;/h4*2-11H,1H3;1-6H2;4*1,3-4H2,2H3;2*2H2,1H3;;. The molecule has 4 unspecified atom stereocenters. The Morgan fingerprint density at radius 1 is 0.261 bits per heavy atom. The first kappa shape index (κ1) is 66.9. The maximum absolute atomic E-state index is 5.05. The second-order valence-electron chi connectivity index (χ2n) is 31.6. The third kappa shape index (κ3) is 10.4. The van der Waals surface area contributed by atoms with Gasteiger partial charge in [-0.15, -0.1) is 0 Å². The van der Waals surface area contributed by atoms with E-state index in [0.29, 0.717) is 14.5 Å². The Balaban J connectivity index is 1.04. The molecule has 4 aliphatic rings. The molecule has 8 aromatic rings. The molecule has 8 aromatic carbocycles. The molecule has 0 spiro atoms. The molecule has 0 saturated heterocycles. The third-order valence-corrected chi connectivity index (χ3v) is 145. The number of unbranched alkanes of at least 4 members (excludes halogenated alkanes) is 7. The molecule has 4 atom stereocenters. The summed E-state index contributed by atoms with van der Waals surface area (Å²) >= 11 is -10.1. The zero-order chi connectivity index (χ0) is 64.3. The fourth-order valence-corrected chi connectivity index (χ4v) is 142. The van der Waals surface area contributed by atoms with Gasteiger partial charge in [-0.05, 0) is 0 Å². The van der Waals surface area contributed by atoms with Crippen LogP contribution >= 0.6 is 0 Å². The van der Waals surface area contributed by atoms with E-state index in [9.17, 15) is 0 Å². The van der Waals surface area contributed by atoms with Crippen molar-refractivity contribution in [2.45, 2.75) is 185 Å². The Hall–Kier alpha value is -5.08. The second-order valence-corrected chi connectivity index (χ2v) is 116. The van der Waals surface area contributed by atoms with E-state index in [-0.39, 0.29) is 0 Å². The van der Waals surface area contributed by atoms with Crippen molar-refractivity contribution >= 4 is 37.6 Å². The van der Waals surface area contributed by atoms with Gasteiger partial charge in [0.1, 0.15) is 0 Å². The molecule has 0 radical (unpaired) electrons. The van der Waals surface area contributed by atoms with Crippen LogP contribution in [0.25, 0.3) is 68.8 Å². The van der Waals surface area contributed by atoms with E-state index in [2.05, 4.69) is 287 Å². The predicted molar refractivity (Wildman–Crippen MR) is 409 cm³/mol. The van der Waals surface area contributed by atoms with Gasteiger partial charge < -0.3 is 0 Å². The number of hydrogen-bond donors (Lipinski definition) is 0. The van der Waals surface area contributed by atoms with Crippen molar-refractivity contribution in [2.75, 3.05) is 0 Å². The molecule has 0 fully saturated rings. The third-order valence-electron chi connectivity index (χ3n) is 27.8. The Labute approximate surface area is 555 Å². The van der Waals surface area contributed by atoms with Crippen LogP contribution in [0.1, 0.15) is 191 Å². The molecular formula is C88H110Si2Zr2. The number of allylic oxidation sites excluding steroid dienone is 4. The minimum atomic E-state index is -5.05. The first-order chi connectivity index (χ1) is 44.8. The molecule has 4 aliphatic carbocycles. The van der Waals surface area contributed by atoms with Crippen LogP contribution < -0.4 is 0 Å². The van der Waals surface area contributed by atoms with E-state index in [1.807, 2.05) is 0 Å². The van der Waals surface area contributed by atoms with E-state index in [4.69, 9.17) is 0 Å². The average molecular weight is 1410 g/mol. The summed E-state index contributed by atoms with van der Waals surface area (Å²) in [6, 6.07) is 76.3. The van der Waals surface area contributed by atoms with Crippen LogP contribution in [0.3, 0.4) is 0 Å². The van der Waals surface area contributed by atoms with Crippen molar-refractivity contribution < 1.29 is 32.9 Å². The minimum absolute atomic E-state index is 0.518. The summed E-state index contributed by atoms with van der Waals surface area (Å²) in [5.41, 5.74) is 31.0. The van der Waals surface area contributed by atoms with Crippen LogP contribution in [0.2, 0.25) is 37.9 Å². The summed E-state index contributed by atoms with van der Waals surface area (Å²) < 4.78 is 10.9. The average Bonchev–Trinajstić information content (AvgIpc) is 1.24. The van der Waals surface area contributed by atoms with Crippen molar-refractivity contribution in [1.82, 2.24) is 0 Å². The molecular weight excluding hydrogens is 1300 g/mol. The van der Waals surface area contributed by atoms with E-state index < -0.39 is 46.2 Å². The summed E-state index contributed by atoms with van der Waals surface area (Å²) in [6.07, 6.45) is 26.8. The molecule has 0 aliphatic heterocycles. The second kappa shape index (κ2) is 26.5. The first-order valence-corrected chi connectivity index (χ1v) is 67.7. The van der Waals surface area contributed by atoms with Crippen LogP contribution in [0.15, 0.2) is 216 Å². The number of fused-ring (bicyclic) bond motifs is 4. The van der Waals surface area contributed by atoms with Gasteiger partial charge in [0.2, 0.25) is 0 Å². The van der Waals surface area contributed by atoms with Gasteiger partial charge in [0, 0.05) is 0 Å². The van der Waals surface area contributed by atoms with Crippen LogP contribution in [0.4, 0.5) is 0 Å². The van der Waals surface area contributed by atoms with Crippen molar-refractivity contribution in [3.8, 4) is 44.5 Å². The molecule has 0 amide bonds. The number of benzene rings is 8. The van der Waals surface area contributed by atoms with Crippen LogP contribution in [0.5, 0.6) is 0 Å². The zero-order valence-corrected chi connectivity index (χ0v) is 66.0. The molecule has 92 heavy (non-hydrogen) atoms. The zero-order valence-electron chi connectivity index (χ0n) is 58.2. The van der Waals surface area contributed by atoms with Gasteiger partial charge in [-0.1, -0.05) is 0 Å². The van der Waals surface area contributed by atoms with Crippen LogP contribution in [-0.2, 0) is 32.9 Å². The van der Waals surface area contributed by atoms with Gasteiger partial charge in [0.25, 0.3) is 0 Å². The summed E-state index contributed by atoms with van der Waals surface area (Å²) in [4.78, 5) is 0. The van der Waals surface area contributed by atoms with Gasteiger partial charge >= 0.3 is 561 Å². The molecule has 4 heteroatoms. The van der Waals surface area contributed by atoms with Crippen molar-refractivity contribution in [3.63, 3.8) is 0 Å². The number of hydrogen-bond acceptors (Lipinski definition) is 0. The molecule has 12 rings (SSSR count). The van der Waals surface area contributed by atoms with Gasteiger partial charge in [0.15, 0.2) is 0 Å². The first-order valence-electron chi connectivity index (χ1n) is 37.0. The molecule has 0 N–H and O–H groups in total. The Kier molecular flexibility index (Phi) is 19.3. The fourth-order valence-electron chi connectivity index (χ4n) is 24.4. The molecule has 0 nitrogen and oxygen atoms in total. The van der Waals surface area contributed by atoms with Gasteiger partial charge in [0.05, 0.1) is 0 Å². The van der Waals surface area contributed by atoms with Crippen LogP contribution in [0, 0.1) is 0 Å². The topological polar surface area (TPSA) is 0 Å². The molecule has 0 bridgehead atoms. The molecule has 0 saturated carbocycles. The SMILES string of the molecule is CCC[CH2][Zr]([CH2]CCC)([CH2]CCCC[CH2][Zr]([CH2]CCC)([CH2]CCC)([SiH2]C)([CH]1C(C)=Cc2c(-c3ccccc3)cccc21)[CH]1C(C)=Cc2c(-c3ccccc3)cccc21)([SiH2]C)([CH]1C(C)=Cc2c(-c3ccccc3)cccc21)[CH]1C(C)=Cc2c(-c3ccccc3)cccc21. The number of rotatable bonds is 29. The van der Waals surface area contributed by atoms with E-state index >= 15 is 0 Å². The normalized spacial score (nSPS) is 19.2. The molecule has 478 valence electrons. The van der Waals surface area contributed by atoms with E-state index in [0.717, 1.165) is 0 Å². The Morgan fingerprint density at radius 3 is 0.685 bits per heavy atom. The van der Waals surface area contributed by atoms with Gasteiger partial charge in [-0.3, -0.25) is 0 Å². The quantitative estimate of drug-likeness (QED) is 0.0324. The Bertz CT molecular complexity index is 3610. The summed E-state index contributed by atoms with van der Waals surface area (Å²) in [7, 11) is 0. The molecule has 0 aromatic heterocycles. The van der Waals surface area contributed by atoms with Gasteiger partial charge in [-0.2, -0.15) is 0 Å². The monoisotopic (exact) mass is 1400 g/mol. The van der Waals surface area contributed by atoms with Crippen molar-refractivity contribution in [1.29, 1.82) is 0 Å². The molecule has 0 heterocycles. The van der Waals surface area contributed by atoms with E-state index in [1.165, 1.54) is 169 Å². The summed E-state index contributed by atoms with van der Waals surface area (Å²) in [5.74, 6) is 0. The van der Waals surface area contributed by atoms with Crippen molar-refractivity contribution in [3.05, 3.63) is 261 Å². The van der Waals surface area contributed by atoms with Crippen LogP contribution in [-0.4, -0.2) is 13.3 Å². The van der Waals surface area contributed by atoms with E-state index in [1.54, 1.807) is 44.5 Å². The van der Waals surface area contributed by atoms with Gasteiger partial charge in [-0.25, -0.2) is 0 Å². The summed E-state index contributed by atoms with van der Waals surface area (Å²) in [6.45, 7) is 25.2.